The molecule has 0 aromatic heterocycles. The number of nitrogens with one attached hydrogen (secondary N) is 2. The molecule has 0 saturated heterocycles. The van der Waals surface area contributed by atoms with Crippen LogP contribution in [0.1, 0.15) is 41.0 Å². The van der Waals surface area contributed by atoms with Crippen LogP contribution in [0.2, 0.25) is 0 Å². The summed E-state index contributed by atoms with van der Waals surface area (Å²) in [6.07, 6.45) is 2.67. The maximum Gasteiger partial charge on any atom is 0.410 e. The van der Waals surface area contributed by atoms with E-state index in [2.05, 4.69) is 21.7 Å². The van der Waals surface area contributed by atoms with Crippen LogP contribution in [0, 0.1) is 0 Å². The predicted molar refractivity (Wildman–Crippen MR) is 90.2 cm³/mol. The zero-order chi connectivity index (χ0) is 16.6. The minimum absolute atomic E-state index is 0.243. The molecule has 1 amide bonds. The summed E-state index contributed by atoms with van der Waals surface area (Å²) in [6, 6.07) is 0. The maximum atomic E-state index is 12.0. The first-order chi connectivity index (χ1) is 10.4. The van der Waals surface area contributed by atoms with Gasteiger partial charge in [-0.05, 0) is 46.6 Å². The molecule has 2 N–H and O–H groups in total. The molecule has 0 saturated carbocycles. The second-order valence-corrected chi connectivity index (χ2v) is 6.26. The van der Waals surface area contributed by atoms with Crippen molar-refractivity contribution < 1.29 is 9.53 Å². The minimum Gasteiger partial charge on any atom is -0.444 e. The van der Waals surface area contributed by atoms with Crippen LogP contribution in [0.4, 0.5) is 4.79 Å². The van der Waals surface area contributed by atoms with Crippen LogP contribution < -0.4 is 10.6 Å². The Hall–Kier alpha value is -1.72. The molecule has 1 aliphatic rings. The lowest BCUT2D eigenvalue weighted by Gasteiger charge is -2.29. The summed E-state index contributed by atoms with van der Waals surface area (Å²) in [6.45, 7) is 13.4. The Labute approximate surface area is 134 Å². The van der Waals surface area contributed by atoms with Gasteiger partial charge in [-0.2, -0.15) is 0 Å². The molecule has 22 heavy (non-hydrogen) atoms. The van der Waals surface area contributed by atoms with Crippen LogP contribution in [0.25, 0.3) is 0 Å². The van der Waals surface area contributed by atoms with E-state index in [9.17, 15) is 4.79 Å². The van der Waals surface area contributed by atoms with Gasteiger partial charge in [0.05, 0.1) is 6.54 Å². The third-order valence-electron chi connectivity index (χ3n) is 3.08. The number of hydrogen-bond acceptors (Lipinski definition) is 3. The van der Waals surface area contributed by atoms with Gasteiger partial charge < -0.3 is 20.3 Å². The van der Waals surface area contributed by atoms with E-state index in [1.54, 1.807) is 4.90 Å². The van der Waals surface area contributed by atoms with Crippen molar-refractivity contribution in [3.8, 4) is 0 Å². The van der Waals surface area contributed by atoms with E-state index in [1.165, 1.54) is 5.57 Å². The molecule has 1 aliphatic heterocycles. The highest BCUT2D eigenvalue weighted by Gasteiger charge is 2.23. The highest BCUT2D eigenvalue weighted by atomic mass is 16.6. The molecule has 0 atom stereocenters. The second kappa shape index (κ2) is 8.66. The summed E-state index contributed by atoms with van der Waals surface area (Å²) in [7, 11) is 0. The van der Waals surface area contributed by atoms with E-state index in [4.69, 9.17) is 4.74 Å². The molecular formula is C16H30N4O2. The maximum absolute atomic E-state index is 12.0. The molecule has 0 fully saturated rings. The van der Waals surface area contributed by atoms with Crippen LogP contribution in [0.15, 0.2) is 16.6 Å². The molecule has 0 aliphatic carbocycles. The van der Waals surface area contributed by atoms with Crippen molar-refractivity contribution in [2.75, 3.05) is 32.7 Å². The van der Waals surface area contributed by atoms with Crippen LogP contribution in [-0.4, -0.2) is 55.3 Å². The van der Waals surface area contributed by atoms with Gasteiger partial charge >= 0.3 is 6.09 Å². The number of carbonyl (C=O) groups is 1. The van der Waals surface area contributed by atoms with E-state index in [1.807, 2.05) is 34.6 Å². The molecular weight excluding hydrogens is 280 g/mol. The Balaban J connectivity index is 2.50. The fraction of sp³-hybridized carbons (Fsp3) is 0.750. The zero-order valence-electron chi connectivity index (χ0n) is 14.5. The molecule has 0 radical (unpaired) electrons. The molecule has 0 aromatic carbocycles. The van der Waals surface area contributed by atoms with Crippen molar-refractivity contribution in [2.24, 2.45) is 4.99 Å². The standard InChI is InChI=1S/C16H30N4O2/c1-6-17-14(18-7-2)19-12-13-8-10-20(11-9-13)15(21)22-16(3,4)5/h8H,6-7,9-12H2,1-5H3,(H2,17,18,19). The number of carbonyl (C=O) groups excluding carboxylic acids is 1. The molecule has 6 nitrogen and oxygen atoms in total. The Bertz CT molecular complexity index is 416. The zero-order valence-corrected chi connectivity index (χ0v) is 14.5. The van der Waals surface area contributed by atoms with Gasteiger partial charge in [-0.3, -0.25) is 0 Å². The van der Waals surface area contributed by atoms with Crippen molar-refractivity contribution in [1.29, 1.82) is 0 Å². The van der Waals surface area contributed by atoms with E-state index in [-0.39, 0.29) is 6.09 Å². The summed E-state index contributed by atoms with van der Waals surface area (Å²) in [5.41, 5.74) is 0.811. The van der Waals surface area contributed by atoms with Gasteiger partial charge in [-0.25, -0.2) is 9.79 Å². The quantitative estimate of drug-likeness (QED) is 0.474. The number of guanidine groups is 1. The lowest BCUT2D eigenvalue weighted by atomic mass is 10.1. The molecule has 0 unspecified atom stereocenters. The topological polar surface area (TPSA) is 66.0 Å². The van der Waals surface area contributed by atoms with Crippen LogP contribution in [0.5, 0.6) is 0 Å². The summed E-state index contributed by atoms with van der Waals surface area (Å²) in [5, 5.41) is 6.41. The lowest BCUT2D eigenvalue weighted by molar-refractivity contribution is 0.0266. The molecule has 1 heterocycles. The molecule has 126 valence electrons. The largest absolute Gasteiger partial charge is 0.444 e. The van der Waals surface area contributed by atoms with Crippen LogP contribution >= 0.6 is 0 Å². The van der Waals surface area contributed by atoms with E-state index < -0.39 is 5.60 Å². The lowest BCUT2D eigenvalue weighted by Crippen LogP contribution is -2.39. The van der Waals surface area contributed by atoms with Crippen molar-refractivity contribution in [3.05, 3.63) is 11.6 Å². The Kier molecular flexibility index (Phi) is 7.21. The van der Waals surface area contributed by atoms with Crippen molar-refractivity contribution in [1.82, 2.24) is 15.5 Å². The monoisotopic (exact) mass is 310 g/mol. The Morgan fingerprint density at radius 2 is 1.95 bits per heavy atom. The normalized spacial score (nSPS) is 15.0. The highest BCUT2D eigenvalue weighted by Crippen LogP contribution is 2.15. The second-order valence-electron chi connectivity index (χ2n) is 6.26. The third-order valence-corrected chi connectivity index (χ3v) is 3.08. The SMILES string of the molecule is CCNC(=NCC1=CCN(C(=O)OC(C)(C)C)CC1)NCC. The Morgan fingerprint density at radius 3 is 2.41 bits per heavy atom. The van der Waals surface area contributed by atoms with Gasteiger partial charge in [0.15, 0.2) is 5.96 Å². The van der Waals surface area contributed by atoms with Gasteiger partial charge in [0.2, 0.25) is 0 Å². The molecule has 0 aromatic rings. The molecule has 0 spiro atoms. The van der Waals surface area contributed by atoms with Gasteiger partial charge in [0.25, 0.3) is 0 Å². The van der Waals surface area contributed by atoms with E-state index in [0.717, 1.165) is 25.5 Å². The van der Waals surface area contributed by atoms with Gasteiger partial charge in [0.1, 0.15) is 5.60 Å². The number of amides is 1. The predicted octanol–water partition coefficient (Wildman–Crippen LogP) is 2.13. The fourth-order valence-electron chi connectivity index (χ4n) is 2.04. The number of nitrogens with zero attached hydrogens (tertiary/aromatic N) is 2. The number of rotatable bonds is 4. The van der Waals surface area contributed by atoms with Crippen LogP contribution in [-0.2, 0) is 4.74 Å². The smallest absolute Gasteiger partial charge is 0.410 e. The fourth-order valence-corrected chi connectivity index (χ4v) is 2.04. The van der Waals surface area contributed by atoms with Gasteiger partial charge in [-0.15, -0.1) is 0 Å². The first-order valence-corrected chi connectivity index (χ1v) is 8.03. The summed E-state index contributed by atoms with van der Waals surface area (Å²) in [4.78, 5) is 18.3. The van der Waals surface area contributed by atoms with Crippen LogP contribution in [0.3, 0.4) is 0 Å². The highest BCUT2D eigenvalue weighted by molar-refractivity contribution is 5.79. The first-order valence-electron chi connectivity index (χ1n) is 8.03. The summed E-state index contributed by atoms with van der Waals surface area (Å²) in [5.74, 6) is 0.834. The number of ether oxygens (including phenoxy) is 1. The minimum atomic E-state index is -0.447. The summed E-state index contributed by atoms with van der Waals surface area (Å²) >= 11 is 0. The first kappa shape index (κ1) is 18.3. The Morgan fingerprint density at radius 1 is 1.32 bits per heavy atom. The van der Waals surface area contributed by atoms with Gasteiger partial charge in [0, 0.05) is 26.2 Å². The molecule has 0 bridgehead atoms. The third kappa shape index (κ3) is 6.83. The summed E-state index contributed by atoms with van der Waals surface area (Å²) < 4.78 is 5.38. The number of aliphatic imine (C=N–C) groups is 1. The number of hydrogen-bond donors (Lipinski definition) is 2. The van der Waals surface area contributed by atoms with E-state index in [0.29, 0.717) is 19.6 Å². The van der Waals surface area contributed by atoms with Crippen molar-refractivity contribution in [2.45, 2.75) is 46.6 Å². The van der Waals surface area contributed by atoms with E-state index >= 15 is 0 Å². The molecule has 1 rings (SSSR count). The molecule has 6 heteroatoms. The van der Waals surface area contributed by atoms with Gasteiger partial charge in [-0.1, -0.05) is 6.08 Å². The van der Waals surface area contributed by atoms with Crippen molar-refractivity contribution in [3.63, 3.8) is 0 Å². The van der Waals surface area contributed by atoms with Crippen molar-refractivity contribution >= 4 is 12.1 Å². The average Bonchev–Trinajstić information content (AvgIpc) is 2.44. The average molecular weight is 310 g/mol.